The first-order valence-corrected chi connectivity index (χ1v) is 4.69. The number of aliphatic hydroxyl groups is 1. The number of hydrogen-bond acceptors (Lipinski definition) is 2. The van der Waals surface area contributed by atoms with Crippen LogP contribution in [-0.2, 0) is 6.42 Å². The van der Waals surface area contributed by atoms with Crippen molar-refractivity contribution in [3.8, 4) is 0 Å². The fraction of sp³-hybridized carbons (Fsp3) is 0.455. The molecule has 0 aliphatic carbocycles. The zero-order valence-electron chi connectivity index (χ0n) is 8.03. The lowest BCUT2D eigenvalue weighted by molar-refractivity contribution is 0.267. The molecule has 1 atom stereocenters. The van der Waals surface area contributed by atoms with Gasteiger partial charge in [-0.3, -0.25) is 0 Å². The Morgan fingerprint density at radius 3 is 2.54 bits per heavy atom. The smallest absolute Gasteiger partial charge is 0.0445 e. The molecule has 0 amide bonds. The van der Waals surface area contributed by atoms with Gasteiger partial charge in [-0.05, 0) is 25.5 Å². The van der Waals surface area contributed by atoms with Gasteiger partial charge in [0.1, 0.15) is 0 Å². The summed E-state index contributed by atoms with van der Waals surface area (Å²) in [5.74, 6) is 0. The molecule has 0 fully saturated rings. The molecule has 2 heteroatoms. The summed E-state index contributed by atoms with van der Waals surface area (Å²) in [6.07, 6.45) is 1.79. The minimum Gasteiger partial charge on any atom is -0.396 e. The van der Waals surface area contributed by atoms with Crippen molar-refractivity contribution in [2.45, 2.75) is 18.9 Å². The Bertz CT molecular complexity index is 223. The van der Waals surface area contributed by atoms with Crippen LogP contribution in [0.25, 0.3) is 0 Å². The molecule has 1 aromatic rings. The highest BCUT2D eigenvalue weighted by Gasteiger charge is 2.05. The van der Waals surface area contributed by atoms with Crippen LogP contribution in [0, 0.1) is 0 Å². The average Bonchev–Trinajstić information content (AvgIpc) is 2.19. The van der Waals surface area contributed by atoms with E-state index >= 15 is 0 Å². The van der Waals surface area contributed by atoms with Crippen molar-refractivity contribution < 1.29 is 5.11 Å². The molecule has 2 nitrogen and oxygen atoms in total. The molecule has 1 aromatic carbocycles. The Labute approximate surface area is 79.6 Å². The van der Waals surface area contributed by atoms with Gasteiger partial charge in [-0.25, -0.2) is 0 Å². The molecule has 0 aliphatic heterocycles. The molecule has 0 saturated heterocycles. The summed E-state index contributed by atoms with van der Waals surface area (Å²) in [6, 6.07) is 10.7. The summed E-state index contributed by atoms with van der Waals surface area (Å²) >= 11 is 0. The number of benzene rings is 1. The maximum Gasteiger partial charge on any atom is 0.0445 e. The van der Waals surface area contributed by atoms with Crippen LogP contribution < -0.4 is 5.32 Å². The van der Waals surface area contributed by atoms with Gasteiger partial charge in [0, 0.05) is 12.6 Å². The summed E-state index contributed by atoms with van der Waals surface area (Å²) in [7, 11) is 1.93. The lowest BCUT2D eigenvalue weighted by Crippen LogP contribution is -2.28. The van der Waals surface area contributed by atoms with Gasteiger partial charge < -0.3 is 10.4 Å². The van der Waals surface area contributed by atoms with Gasteiger partial charge in [-0.1, -0.05) is 30.3 Å². The minimum absolute atomic E-state index is 0.248. The van der Waals surface area contributed by atoms with E-state index in [0.29, 0.717) is 6.04 Å². The van der Waals surface area contributed by atoms with Crippen LogP contribution in [0.4, 0.5) is 0 Å². The van der Waals surface area contributed by atoms with Gasteiger partial charge in [-0.2, -0.15) is 0 Å². The normalized spacial score (nSPS) is 12.8. The lowest BCUT2D eigenvalue weighted by atomic mass is 10.0. The third kappa shape index (κ3) is 3.57. The molecule has 0 aliphatic rings. The second-order valence-corrected chi connectivity index (χ2v) is 3.19. The number of hydrogen-bond donors (Lipinski definition) is 2. The molecule has 72 valence electrons. The Morgan fingerprint density at radius 1 is 1.31 bits per heavy atom. The molecular formula is C11H17NO. The molecule has 0 radical (unpaired) electrons. The molecule has 1 rings (SSSR count). The van der Waals surface area contributed by atoms with Crippen LogP contribution in [0.1, 0.15) is 12.0 Å². The van der Waals surface area contributed by atoms with Crippen molar-refractivity contribution in [1.29, 1.82) is 0 Å². The number of aliphatic hydroxyl groups excluding tert-OH is 1. The maximum atomic E-state index is 8.81. The van der Waals surface area contributed by atoms with Crippen LogP contribution in [-0.4, -0.2) is 24.8 Å². The standard InChI is InChI=1S/C11H17NO/c1-12-11(7-8-13)9-10-5-3-2-4-6-10/h2-6,11-13H,7-9H2,1H3/t11-/m1/s1. The zero-order valence-corrected chi connectivity index (χ0v) is 8.03. The van der Waals surface area contributed by atoms with Crippen LogP contribution in [0.3, 0.4) is 0 Å². The van der Waals surface area contributed by atoms with Crippen LogP contribution in [0.5, 0.6) is 0 Å². The van der Waals surface area contributed by atoms with E-state index in [2.05, 4.69) is 17.4 Å². The van der Waals surface area contributed by atoms with Crippen molar-refractivity contribution in [3.63, 3.8) is 0 Å². The van der Waals surface area contributed by atoms with Gasteiger partial charge in [0.15, 0.2) is 0 Å². The van der Waals surface area contributed by atoms with Crippen LogP contribution in [0.2, 0.25) is 0 Å². The summed E-state index contributed by atoms with van der Waals surface area (Å²) in [5.41, 5.74) is 1.32. The molecule has 0 saturated carbocycles. The van der Waals surface area contributed by atoms with Crippen molar-refractivity contribution >= 4 is 0 Å². The largest absolute Gasteiger partial charge is 0.396 e. The summed E-state index contributed by atoms with van der Waals surface area (Å²) in [5, 5.41) is 12.0. The van der Waals surface area contributed by atoms with E-state index in [4.69, 9.17) is 5.11 Å². The Morgan fingerprint density at radius 2 is 2.00 bits per heavy atom. The first-order chi connectivity index (χ1) is 6.36. The Hall–Kier alpha value is -0.860. The molecule has 13 heavy (non-hydrogen) atoms. The van der Waals surface area contributed by atoms with Crippen molar-refractivity contribution in [1.82, 2.24) is 5.32 Å². The summed E-state index contributed by atoms with van der Waals surface area (Å²) < 4.78 is 0. The lowest BCUT2D eigenvalue weighted by Gasteiger charge is -2.14. The molecular weight excluding hydrogens is 162 g/mol. The van der Waals surface area contributed by atoms with E-state index < -0.39 is 0 Å². The highest BCUT2D eigenvalue weighted by molar-refractivity contribution is 5.15. The predicted octanol–water partition coefficient (Wildman–Crippen LogP) is 1.20. The minimum atomic E-state index is 0.248. The zero-order chi connectivity index (χ0) is 9.52. The monoisotopic (exact) mass is 179 g/mol. The van der Waals surface area contributed by atoms with Gasteiger partial charge in [-0.15, -0.1) is 0 Å². The fourth-order valence-corrected chi connectivity index (χ4v) is 1.40. The summed E-state index contributed by atoms with van der Waals surface area (Å²) in [6.45, 7) is 0.248. The highest BCUT2D eigenvalue weighted by atomic mass is 16.3. The maximum absolute atomic E-state index is 8.81. The summed E-state index contributed by atoms with van der Waals surface area (Å²) in [4.78, 5) is 0. The van der Waals surface area contributed by atoms with E-state index in [1.807, 2.05) is 25.2 Å². The van der Waals surface area contributed by atoms with E-state index in [0.717, 1.165) is 12.8 Å². The molecule has 0 spiro atoms. The number of nitrogens with one attached hydrogen (secondary N) is 1. The predicted molar refractivity (Wildman–Crippen MR) is 54.7 cm³/mol. The third-order valence-electron chi connectivity index (χ3n) is 2.21. The molecule has 0 bridgehead atoms. The molecule has 0 unspecified atom stereocenters. The number of rotatable bonds is 5. The Kier molecular flexibility index (Phi) is 4.50. The van der Waals surface area contributed by atoms with Gasteiger partial charge in [0.25, 0.3) is 0 Å². The number of likely N-dealkylation sites (N-methyl/N-ethyl adjacent to an activating group) is 1. The van der Waals surface area contributed by atoms with Crippen LogP contribution >= 0.6 is 0 Å². The van der Waals surface area contributed by atoms with Crippen molar-refractivity contribution in [3.05, 3.63) is 35.9 Å². The van der Waals surface area contributed by atoms with Crippen LogP contribution in [0.15, 0.2) is 30.3 Å². The van der Waals surface area contributed by atoms with Crippen molar-refractivity contribution in [2.24, 2.45) is 0 Å². The Balaban J connectivity index is 2.46. The molecule has 0 aromatic heterocycles. The van der Waals surface area contributed by atoms with Gasteiger partial charge >= 0.3 is 0 Å². The first kappa shape index (κ1) is 10.2. The third-order valence-corrected chi connectivity index (χ3v) is 2.21. The average molecular weight is 179 g/mol. The van der Waals surface area contributed by atoms with E-state index in [1.54, 1.807) is 0 Å². The fourth-order valence-electron chi connectivity index (χ4n) is 1.40. The van der Waals surface area contributed by atoms with E-state index in [9.17, 15) is 0 Å². The SMILES string of the molecule is CN[C@H](CCO)Cc1ccccc1. The van der Waals surface area contributed by atoms with Gasteiger partial charge in [0.05, 0.1) is 0 Å². The second kappa shape index (κ2) is 5.73. The van der Waals surface area contributed by atoms with Crippen molar-refractivity contribution in [2.75, 3.05) is 13.7 Å². The first-order valence-electron chi connectivity index (χ1n) is 4.69. The van der Waals surface area contributed by atoms with E-state index in [1.165, 1.54) is 5.56 Å². The highest BCUT2D eigenvalue weighted by Crippen LogP contribution is 2.04. The second-order valence-electron chi connectivity index (χ2n) is 3.19. The molecule has 0 heterocycles. The molecule has 2 N–H and O–H groups in total. The van der Waals surface area contributed by atoms with Gasteiger partial charge in [0.2, 0.25) is 0 Å². The quantitative estimate of drug-likeness (QED) is 0.712. The topological polar surface area (TPSA) is 32.3 Å². The van der Waals surface area contributed by atoms with E-state index in [-0.39, 0.29) is 6.61 Å².